The van der Waals surface area contributed by atoms with E-state index < -0.39 is 0 Å². The maximum Gasteiger partial charge on any atom is 0.134 e. The maximum absolute atomic E-state index is 5.99. The van der Waals surface area contributed by atoms with Gasteiger partial charge < -0.3 is 15.1 Å². The maximum atomic E-state index is 5.99. The standard InChI is InChI=1S/C18H20N2O/c1-13-6-5-7-14(10-13)20(2)12-18-16(11-19)15-8-3-4-9-17(15)21-18/h3-10H,11-12,19H2,1-2H3. The molecule has 0 fully saturated rings. The van der Waals surface area contributed by atoms with Gasteiger partial charge in [-0.15, -0.1) is 0 Å². The summed E-state index contributed by atoms with van der Waals surface area (Å²) in [7, 11) is 2.07. The molecule has 0 aliphatic carbocycles. The summed E-state index contributed by atoms with van der Waals surface area (Å²) >= 11 is 0. The molecule has 0 saturated carbocycles. The summed E-state index contributed by atoms with van der Waals surface area (Å²) in [5.41, 5.74) is 10.4. The third-order valence-electron chi connectivity index (χ3n) is 3.81. The van der Waals surface area contributed by atoms with E-state index in [1.165, 1.54) is 11.3 Å². The zero-order valence-corrected chi connectivity index (χ0v) is 12.5. The number of furan rings is 1. The van der Waals surface area contributed by atoms with Crippen LogP contribution in [0, 0.1) is 6.92 Å². The second kappa shape index (κ2) is 5.62. The number of nitrogens with zero attached hydrogens (tertiary/aromatic N) is 1. The van der Waals surface area contributed by atoms with Crippen molar-refractivity contribution in [1.29, 1.82) is 0 Å². The van der Waals surface area contributed by atoms with Crippen LogP contribution in [0.15, 0.2) is 52.9 Å². The molecule has 2 aromatic carbocycles. The van der Waals surface area contributed by atoms with Gasteiger partial charge in [0.05, 0.1) is 6.54 Å². The number of hydrogen-bond donors (Lipinski definition) is 1. The van der Waals surface area contributed by atoms with E-state index in [0.717, 1.165) is 22.3 Å². The Morgan fingerprint density at radius 1 is 1.10 bits per heavy atom. The SMILES string of the molecule is Cc1cccc(N(C)Cc2oc3ccccc3c2CN)c1. The molecule has 0 atom stereocenters. The van der Waals surface area contributed by atoms with Crippen molar-refractivity contribution >= 4 is 16.7 Å². The summed E-state index contributed by atoms with van der Waals surface area (Å²) in [6.45, 7) is 3.31. The molecule has 0 saturated heterocycles. The normalized spacial score (nSPS) is 11.0. The Labute approximate surface area is 125 Å². The lowest BCUT2D eigenvalue weighted by Crippen LogP contribution is -2.17. The summed E-state index contributed by atoms with van der Waals surface area (Å²) in [5, 5.41) is 1.12. The largest absolute Gasteiger partial charge is 0.459 e. The molecule has 21 heavy (non-hydrogen) atoms. The highest BCUT2D eigenvalue weighted by atomic mass is 16.3. The Balaban J connectivity index is 1.94. The molecule has 1 aromatic heterocycles. The van der Waals surface area contributed by atoms with E-state index in [1.807, 2.05) is 18.2 Å². The molecular weight excluding hydrogens is 260 g/mol. The minimum atomic E-state index is 0.494. The van der Waals surface area contributed by atoms with Gasteiger partial charge in [0.1, 0.15) is 11.3 Å². The molecule has 1 heterocycles. The van der Waals surface area contributed by atoms with Gasteiger partial charge in [0, 0.05) is 30.2 Å². The van der Waals surface area contributed by atoms with Crippen LogP contribution in [0.2, 0.25) is 0 Å². The fourth-order valence-corrected chi connectivity index (χ4v) is 2.67. The lowest BCUT2D eigenvalue weighted by atomic mass is 10.1. The van der Waals surface area contributed by atoms with Gasteiger partial charge in [-0.2, -0.15) is 0 Å². The van der Waals surface area contributed by atoms with Gasteiger partial charge in [0.25, 0.3) is 0 Å². The van der Waals surface area contributed by atoms with Crippen molar-refractivity contribution in [2.75, 3.05) is 11.9 Å². The molecule has 0 unspecified atom stereocenters. The Kier molecular flexibility index (Phi) is 3.67. The molecule has 0 spiro atoms. The van der Waals surface area contributed by atoms with Crippen molar-refractivity contribution in [3.05, 3.63) is 65.4 Å². The number of nitrogens with two attached hydrogens (primary N) is 1. The number of fused-ring (bicyclic) bond motifs is 1. The quantitative estimate of drug-likeness (QED) is 0.789. The van der Waals surface area contributed by atoms with Crippen molar-refractivity contribution in [1.82, 2.24) is 0 Å². The number of rotatable bonds is 4. The summed E-state index contributed by atoms with van der Waals surface area (Å²) in [4.78, 5) is 2.18. The van der Waals surface area contributed by atoms with E-state index in [2.05, 4.69) is 49.2 Å². The molecule has 2 N–H and O–H groups in total. The fourth-order valence-electron chi connectivity index (χ4n) is 2.67. The zero-order valence-electron chi connectivity index (χ0n) is 12.5. The van der Waals surface area contributed by atoms with E-state index in [9.17, 15) is 0 Å². The van der Waals surface area contributed by atoms with Crippen LogP contribution in [0.25, 0.3) is 11.0 Å². The van der Waals surface area contributed by atoms with Crippen LogP contribution in [0.3, 0.4) is 0 Å². The fraction of sp³-hybridized carbons (Fsp3) is 0.222. The highest BCUT2D eigenvalue weighted by Gasteiger charge is 2.14. The first-order valence-electron chi connectivity index (χ1n) is 7.16. The summed E-state index contributed by atoms with van der Waals surface area (Å²) in [6, 6.07) is 16.5. The van der Waals surface area contributed by atoms with Crippen molar-refractivity contribution < 1.29 is 4.42 Å². The second-order valence-electron chi connectivity index (χ2n) is 5.40. The zero-order chi connectivity index (χ0) is 14.8. The molecule has 0 amide bonds. The second-order valence-corrected chi connectivity index (χ2v) is 5.40. The number of para-hydroxylation sites is 1. The highest BCUT2D eigenvalue weighted by Crippen LogP contribution is 2.27. The monoisotopic (exact) mass is 280 g/mol. The van der Waals surface area contributed by atoms with Gasteiger partial charge in [0.2, 0.25) is 0 Å². The first-order valence-corrected chi connectivity index (χ1v) is 7.16. The van der Waals surface area contributed by atoms with E-state index >= 15 is 0 Å². The molecule has 0 radical (unpaired) electrons. The van der Waals surface area contributed by atoms with Crippen LogP contribution in [0.4, 0.5) is 5.69 Å². The smallest absolute Gasteiger partial charge is 0.134 e. The topological polar surface area (TPSA) is 42.4 Å². The molecule has 3 heteroatoms. The van der Waals surface area contributed by atoms with Crippen molar-refractivity contribution in [2.45, 2.75) is 20.0 Å². The van der Waals surface area contributed by atoms with Gasteiger partial charge >= 0.3 is 0 Å². The number of aryl methyl sites for hydroxylation is 1. The number of benzene rings is 2. The average molecular weight is 280 g/mol. The minimum Gasteiger partial charge on any atom is -0.459 e. The molecule has 3 aromatic rings. The van der Waals surface area contributed by atoms with Crippen LogP contribution < -0.4 is 10.6 Å². The summed E-state index contributed by atoms with van der Waals surface area (Å²) in [6.07, 6.45) is 0. The van der Waals surface area contributed by atoms with Gasteiger partial charge in [-0.1, -0.05) is 30.3 Å². The van der Waals surface area contributed by atoms with Gasteiger partial charge in [-0.05, 0) is 30.7 Å². The van der Waals surface area contributed by atoms with Gasteiger partial charge in [0.15, 0.2) is 0 Å². The molecule has 0 bridgehead atoms. The lowest BCUT2D eigenvalue weighted by molar-refractivity contribution is 0.539. The molecule has 108 valence electrons. The van der Waals surface area contributed by atoms with E-state index in [-0.39, 0.29) is 0 Å². The van der Waals surface area contributed by atoms with Crippen LogP contribution in [0.1, 0.15) is 16.9 Å². The predicted molar refractivity (Wildman–Crippen MR) is 87.4 cm³/mol. The van der Waals surface area contributed by atoms with Crippen LogP contribution in [0.5, 0.6) is 0 Å². The van der Waals surface area contributed by atoms with Crippen molar-refractivity contribution in [3.63, 3.8) is 0 Å². The first kappa shape index (κ1) is 13.7. The molecule has 0 aliphatic rings. The third-order valence-corrected chi connectivity index (χ3v) is 3.81. The number of hydrogen-bond acceptors (Lipinski definition) is 3. The first-order chi connectivity index (χ1) is 10.2. The molecule has 3 rings (SSSR count). The van der Waals surface area contributed by atoms with E-state index in [4.69, 9.17) is 10.2 Å². The average Bonchev–Trinajstić information content (AvgIpc) is 2.84. The third kappa shape index (κ3) is 2.65. The highest BCUT2D eigenvalue weighted by molar-refractivity contribution is 5.82. The lowest BCUT2D eigenvalue weighted by Gasteiger charge is -2.19. The minimum absolute atomic E-state index is 0.494. The molecular formula is C18H20N2O. The Morgan fingerprint density at radius 2 is 1.90 bits per heavy atom. The Bertz CT molecular complexity index is 761. The summed E-state index contributed by atoms with van der Waals surface area (Å²) < 4.78 is 5.99. The van der Waals surface area contributed by atoms with Crippen LogP contribution >= 0.6 is 0 Å². The van der Waals surface area contributed by atoms with Gasteiger partial charge in [-0.25, -0.2) is 0 Å². The van der Waals surface area contributed by atoms with Crippen LogP contribution in [-0.2, 0) is 13.1 Å². The van der Waals surface area contributed by atoms with Gasteiger partial charge in [-0.3, -0.25) is 0 Å². The predicted octanol–water partition coefficient (Wildman–Crippen LogP) is 3.84. The Morgan fingerprint density at radius 3 is 2.67 bits per heavy atom. The van der Waals surface area contributed by atoms with Crippen molar-refractivity contribution in [3.8, 4) is 0 Å². The summed E-state index contributed by atoms with van der Waals surface area (Å²) in [5.74, 6) is 0.947. The van der Waals surface area contributed by atoms with Crippen molar-refractivity contribution in [2.24, 2.45) is 5.73 Å². The Hall–Kier alpha value is -2.26. The van der Waals surface area contributed by atoms with E-state index in [0.29, 0.717) is 13.1 Å². The molecule has 0 aliphatic heterocycles. The van der Waals surface area contributed by atoms with E-state index in [1.54, 1.807) is 0 Å². The molecule has 3 nitrogen and oxygen atoms in total. The van der Waals surface area contributed by atoms with Crippen LogP contribution in [-0.4, -0.2) is 7.05 Å². The number of anilines is 1.